The molecule has 3 aromatic rings. The van der Waals surface area contributed by atoms with Gasteiger partial charge in [0, 0.05) is 13.1 Å². The van der Waals surface area contributed by atoms with E-state index < -0.39 is 22.1 Å². The molecule has 1 atom stereocenters. The summed E-state index contributed by atoms with van der Waals surface area (Å²) in [4.78, 5) is 10.6. The van der Waals surface area contributed by atoms with Gasteiger partial charge in [0.05, 0.1) is 18.0 Å². The zero-order valence-electron chi connectivity index (χ0n) is 19.5. The van der Waals surface area contributed by atoms with E-state index in [0.29, 0.717) is 30.2 Å². The van der Waals surface area contributed by atoms with Crippen LogP contribution >= 0.6 is 0 Å². The maximum absolute atomic E-state index is 11.4. The van der Waals surface area contributed by atoms with Crippen LogP contribution in [-0.2, 0) is 14.8 Å². The third kappa shape index (κ3) is 8.45. The van der Waals surface area contributed by atoms with E-state index in [9.17, 15) is 23.4 Å². The number of hydrogen-bond donors (Lipinski definition) is 5. The molecule has 3 rings (SSSR count). The number of rotatable bonds is 13. The molecule has 0 fully saturated rings. The number of nitrogens with one attached hydrogen (secondary N) is 2. The van der Waals surface area contributed by atoms with Gasteiger partial charge in [0.25, 0.3) is 0 Å². The Labute approximate surface area is 209 Å². The van der Waals surface area contributed by atoms with E-state index in [1.54, 1.807) is 12.1 Å². The van der Waals surface area contributed by atoms with Gasteiger partial charge in [-0.3, -0.25) is 4.72 Å². The van der Waals surface area contributed by atoms with Crippen LogP contribution in [0.1, 0.15) is 11.7 Å². The van der Waals surface area contributed by atoms with Crippen LogP contribution in [-0.4, -0.2) is 62.3 Å². The highest BCUT2D eigenvalue weighted by atomic mass is 32.2. The molecular weight excluding hydrogens is 488 g/mol. The number of sulfonamides is 1. The van der Waals surface area contributed by atoms with E-state index in [2.05, 4.69) is 10.0 Å². The zero-order valence-corrected chi connectivity index (χ0v) is 20.4. The van der Waals surface area contributed by atoms with Gasteiger partial charge in [0.15, 0.2) is 6.61 Å². The summed E-state index contributed by atoms with van der Waals surface area (Å²) in [6.45, 7) is 0.638. The lowest BCUT2D eigenvalue weighted by molar-refractivity contribution is -0.139. The first-order chi connectivity index (χ1) is 17.1. The summed E-state index contributed by atoms with van der Waals surface area (Å²) in [5.74, 6) is -0.102. The molecule has 0 aromatic heterocycles. The Kier molecular flexibility index (Phi) is 9.12. The minimum atomic E-state index is -3.56. The van der Waals surface area contributed by atoms with Crippen molar-refractivity contribution >= 4 is 21.7 Å². The molecule has 192 valence electrons. The molecule has 0 bridgehead atoms. The smallest absolute Gasteiger partial charge is 0.341 e. The molecular formula is C25H28N2O8S. The van der Waals surface area contributed by atoms with Crippen molar-refractivity contribution in [3.8, 4) is 28.4 Å². The van der Waals surface area contributed by atoms with Crippen molar-refractivity contribution in [3.63, 3.8) is 0 Å². The quantitative estimate of drug-likeness (QED) is 0.170. The second kappa shape index (κ2) is 12.2. The highest BCUT2D eigenvalue weighted by Gasteiger charge is 2.13. The summed E-state index contributed by atoms with van der Waals surface area (Å²) in [5.41, 5.74) is 2.36. The first-order valence-electron chi connectivity index (χ1n) is 11.0. The number of aromatic hydroxyl groups is 1. The lowest BCUT2D eigenvalue weighted by Crippen LogP contribution is -2.26. The van der Waals surface area contributed by atoms with Crippen molar-refractivity contribution in [2.75, 3.05) is 37.3 Å². The lowest BCUT2D eigenvalue weighted by Gasteiger charge is -2.15. The van der Waals surface area contributed by atoms with Crippen molar-refractivity contribution in [1.29, 1.82) is 0 Å². The molecule has 0 heterocycles. The molecule has 0 aliphatic rings. The molecule has 0 spiro atoms. The maximum atomic E-state index is 11.4. The second-order valence-electron chi connectivity index (χ2n) is 7.95. The average Bonchev–Trinajstić information content (AvgIpc) is 2.83. The van der Waals surface area contributed by atoms with Gasteiger partial charge in [-0.25, -0.2) is 13.2 Å². The van der Waals surface area contributed by atoms with Gasteiger partial charge in [-0.1, -0.05) is 30.3 Å². The van der Waals surface area contributed by atoms with Crippen LogP contribution in [0.2, 0.25) is 0 Å². The highest BCUT2D eigenvalue weighted by molar-refractivity contribution is 7.92. The Morgan fingerprint density at radius 2 is 1.53 bits per heavy atom. The molecule has 11 heteroatoms. The predicted molar refractivity (Wildman–Crippen MR) is 135 cm³/mol. The lowest BCUT2D eigenvalue weighted by atomic mass is 10.1. The Hall–Kier alpha value is -3.80. The average molecular weight is 517 g/mol. The third-order valence-electron chi connectivity index (χ3n) is 4.99. The molecule has 0 saturated carbocycles. The minimum absolute atomic E-state index is 0.00305. The number of carbonyl (C=O) groups is 1. The summed E-state index contributed by atoms with van der Waals surface area (Å²) >= 11 is 0. The summed E-state index contributed by atoms with van der Waals surface area (Å²) < 4.78 is 35.9. The zero-order chi connectivity index (χ0) is 26.1. The highest BCUT2D eigenvalue weighted by Crippen LogP contribution is 2.28. The second-order valence-corrected chi connectivity index (χ2v) is 9.70. The third-order valence-corrected chi connectivity index (χ3v) is 5.58. The summed E-state index contributed by atoms with van der Waals surface area (Å²) in [5, 5.41) is 31.9. The Morgan fingerprint density at radius 1 is 0.944 bits per heavy atom. The Morgan fingerprint density at radius 3 is 2.08 bits per heavy atom. The predicted octanol–water partition coefficient (Wildman–Crippen LogP) is 2.60. The molecule has 0 aliphatic heterocycles. The van der Waals surface area contributed by atoms with Gasteiger partial charge in [-0.05, 0) is 53.1 Å². The molecule has 10 nitrogen and oxygen atoms in total. The molecule has 36 heavy (non-hydrogen) atoms. The van der Waals surface area contributed by atoms with Gasteiger partial charge in [-0.2, -0.15) is 0 Å². The molecule has 0 saturated heterocycles. The summed E-state index contributed by atoms with van der Waals surface area (Å²) in [7, 11) is -3.56. The number of phenolic OH excluding ortho intramolecular Hbond substituents is 1. The SMILES string of the molecule is CS(=O)(=O)Nc1cc(C(O)CNCCOc2ccc(-c3ccc(OCC(=O)O)cc3)cc2)ccc1O. The molecule has 1 unspecified atom stereocenters. The van der Waals surface area contributed by atoms with Crippen molar-refractivity contribution in [1.82, 2.24) is 5.32 Å². The number of aliphatic carboxylic acids is 1. The summed E-state index contributed by atoms with van der Waals surface area (Å²) in [6, 6.07) is 18.8. The van der Waals surface area contributed by atoms with Crippen LogP contribution in [0.4, 0.5) is 5.69 Å². The Bertz CT molecular complexity index is 1260. The number of hydrogen-bond acceptors (Lipinski definition) is 8. The maximum Gasteiger partial charge on any atom is 0.341 e. The fourth-order valence-corrected chi connectivity index (χ4v) is 3.84. The van der Waals surface area contributed by atoms with Crippen molar-refractivity contribution in [2.24, 2.45) is 0 Å². The number of aliphatic hydroxyl groups is 1. The molecule has 0 radical (unpaired) electrons. The number of anilines is 1. The number of carboxylic acid groups (broad SMARTS) is 1. The van der Waals surface area contributed by atoms with Gasteiger partial charge < -0.3 is 30.1 Å². The largest absolute Gasteiger partial charge is 0.506 e. The van der Waals surface area contributed by atoms with E-state index in [-0.39, 0.29) is 24.6 Å². The van der Waals surface area contributed by atoms with Crippen LogP contribution in [0.5, 0.6) is 17.2 Å². The van der Waals surface area contributed by atoms with Crippen LogP contribution in [0, 0.1) is 0 Å². The number of benzene rings is 3. The number of ether oxygens (including phenoxy) is 2. The fourth-order valence-electron chi connectivity index (χ4n) is 3.27. The van der Waals surface area contributed by atoms with Crippen LogP contribution in [0.3, 0.4) is 0 Å². The Balaban J connectivity index is 1.43. The van der Waals surface area contributed by atoms with Gasteiger partial charge in [0.2, 0.25) is 10.0 Å². The first-order valence-corrected chi connectivity index (χ1v) is 12.9. The molecule has 0 amide bonds. The monoisotopic (exact) mass is 516 g/mol. The number of carboxylic acids is 1. The topological polar surface area (TPSA) is 154 Å². The minimum Gasteiger partial charge on any atom is -0.506 e. The molecule has 3 aromatic carbocycles. The van der Waals surface area contributed by atoms with Gasteiger partial charge in [-0.15, -0.1) is 0 Å². The van der Waals surface area contributed by atoms with E-state index in [4.69, 9.17) is 14.6 Å². The first kappa shape index (κ1) is 26.8. The molecule has 5 N–H and O–H groups in total. The van der Waals surface area contributed by atoms with Crippen LogP contribution in [0.25, 0.3) is 11.1 Å². The van der Waals surface area contributed by atoms with E-state index in [1.165, 1.54) is 18.2 Å². The van der Waals surface area contributed by atoms with Gasteiger partial charge in [0.1, 0.15) is 23.9 Å². The fraction of sp³-hybridized carbons (Fsp3) is 0.240. The van der Waals surface area contributed by atoms with E-state index in [0.717, 1.165) is 17.4 Å². The van der Waals surface area contributed by atoms with E-state index in [1.807, 2.05) is 36.4 Å². The summed E-state index contributed by atoms with van der Waals surface area (Å²) in [6.07, 6.45) is 0.0646. The standard InChI is InChI=1S/C25H28N2O8S/c1-36(32,33)27-22-14-19(6-11-23(22)28)24(29)15-26-12-13-34-20-7-2-17(3-8-20)18-4-9-21(10-5-18)35-16-25(30)31/h2-11,14,24,26-29H,12-13,15-16H2,1H3,(H,30,31). The van der Waals surface area contributed by atoms with Gasteiger partial charge >= 0.3 is 5.97 Å². The number of phenols is 1. The van der Waals surface area contributed by atoms with Crippen LogP contribution < -0.4 is 19.5 Å². The van der Waals surface area contributed by atoms with Crippen LogP contribution in [0.15, 0.2) is 66.7 Å². The molecule has 0 aliphatic carbocycles. The van der Waals surface area contributed by atoms with Crippen molar-refractivity contribution in [2.45, 2.75) is 6.10 Å². The van der Waals surface area contributed by atoms with Crippen molar-refractivity contribution in [3.05, 3.63) is 72.3 Å². The van der Waals surface area contributed by atoms with E-state index >= 15 is 0 Å². The van der Waals surface area contributed by atoms with Crippen molar-refractivity contribution < 1.29 is 38.0 Å². The number of aliphatic hydroxyl groups excluding tert-OH is 1. The normalized spacial score (nSPS) is 12.1.